The second-order valence-electron chi connectivity index (χ2n) is 5.42. The first-order chi connectivity index (χ1) is 12.1. The summed E-state index contributed by atoms with van der Waals surface area (Å²) >= 11 is 0. The molecule has 0 fully saturated rings. The van der Waals surface area contributed by atoms with E-state index in [1.165, 1.54) is 0 Å². The van der Waals surface area contributed by atoms with Gasteiger partial charge in [-0.1, -0.05) is 18.2 Å². The Balaban J connectivity index is 1.94. The van der Waals surface area contributed by atoms with Crippen molar-refractivity contribution in [3.63, 3.8) is 0 Å². The maximum absolute atomic E-state index is 11.5. The van der Waals surface area contributed by atoms with Crippen molar-refractivity contribution in [2.45, 2.75) is 13.5 Å². The van der Waals surface area contributed by atoms with Crippen LogP contribution in [0.15, 0.2) is 42.9 Å². The Morgan fingerprint density at radius 3 is 2.84 bits per heavy atom. The molecular formula is C17H17N5O3. The number of anilines is 2. The first kappa shape index (κ1) is 16.6. The van der Waals surface area contributed by atoms with E-state index in [1.807, 2.05) is 6.92 Å². The highest BCUT2D eigenvalue weighted by atomic mass is 16.4. The normalized spacial score (nSPS) is 10.6. The molecule has 8 nitrogen and oxygen atoms in total. The van der Waals surface area contributed by atoms with Gasteiger partial charge in [-0.25, -0.2) is 14.8 Å². The molecule has 3 N–H and O–H groups in total. The van der Waals surface area contributed by atoms with Gasteiger partial charge in [0.25, 0.3) is 0 Å². The largest absolute Gasteiger partial charge is 0.478 e. The van der Waals surface area contributed by atoms with Crippen molar-refractivity contribution in [3.8, 4) is 11.3 Å². The summed E-state index contributed by atoms with van der Waals surface area (Å²) in [6.07, 6.45) is 4.97. The molecule has 0 aliphatic carbocycles. The SMILES string of the molecule is Cc1cnc(Nc2cnn(CCO)c2)nc1-c1ccccc1C(=O)O. The van der Waals surface area contributed by atoms with Gasteiger partial charge in [-0.15, -0.1) is 0 Å². The minimum absolute atomic E-state index is 0.00171. The molecule has 0 bridgehead atoms. The molecule has 1 aromatic carbocycles. The van der Waals surface area contributed by atoms with Crippen LogP contribution in [0.1, 0.15) is 15.9 Å². The van der Waals surface area contributed by atoms with Crippen LogP contribution in [0.4, 0.5) is 11.6 Å². The van der Waals surface area contributed by atoms with Crippen LogP contribution in [-0.2, 0) is 6.54 Å². The lowest BCUT2D eigenvalue weighted by atomic mass is 10.0. The van der Waals surface area contributed by atoms with E-state index in [0.717, 1.165) is 5.56 Å². The molecule has 2 heterocycles. The summed E-state index contributed by atoms with van der Waals surface area (Å²) < 4.78 is 1.59. The number of aromatic carboxylic acids is 1. The Labute approximate surface area is 143 Å². The van der Waals surface area contributed by atoms with Gasteiger partial charge in [0.15, 0.2) is 0 Å². The van der Waals surface area contributed by atoms with Crippen molar-refractivity contribution in [2.75, 3.05) is 11.9 Å². The van der Waals surface area contributed by atoms with E-state index in [1.54, 1.807) is 47.5 Å². The average Bonchev–Trinajstić information content (AvgIpc) is 3.04. The predicted octanol–water partition coefficient (Wildman–Crippen LogP) is 2.08. The number of hydrogen-bond donors (Lipinski definition) is 3. The standard InChI is InChI=1S/C17H17N5O3/c1-11-8-18-17(20-12-9-19-22(10-12)6-7-23)21-15(11)13-4-2-3-5-14(13)16(24)25/h2-5,8-10,23H,6-7H2,1H3,(H,24,25)(H,18,20,21). The molecule has 0 radical (unpaired) electrons. The highest BCUT2D eigenvalue weighted by Gasteiger charge is 2.15. The Bertz CT molecular complexity index is 907. The van der Waals surface area contributed by atoms with Gasteiger partial charge in [0.2, 0.25) is 5.95 Å². The summed E-state index contributed by atoms with van der Waals surface area (Å²) in [5.74, 6) is -0.669. The van der Waals surface area contributed by atoms with Crippen LogP contribution in [0.5, 0.6) is 0 Å². The molecule has 3 aromatic rings. The van der Waals surface area contributed by atoms with E-state index in [2.05, 4.69) is 20.4 Å². The smallest absolute Gasteiger partial charge is 0.336 e. The number of aromatic nitrogens is 4. The lowest BCUT2D eigenvalue weighted by molar-refractivity contribution is 0.0697. The van der Waals surface area contributed by atoms with E-state index in [9.17, 15) is 9.90 Å². The number of benzene rings is 1. The summed E-state index contributed by atoms with van der Waals surface area (Å²) in [6.45, 7) is 2.23. The third kappa shape index (κ3) is 3.64. The number of carboxylic acids is 1. The van der Waals surface area contributed by atoms with Crippen molar-refractivity contribution < 1.29 is 15.0 Å². The summed E-state index contributed by atoms with van der Waals surface area (Å²) in [7, 11) is 0. The van der Waals surface area contributed by atoms with Crippen LogP contribution in [0.25, 0.3) is 11.3 Å². The molecule has 0 atom stereocenters. The van der Waals surface area contributed by atoms with Gasteiger partial charge >= 0.3 is 5.97 Å². The number of aliphatic hydroxyl groups excluding tert-OH is 1. The fourth-order valence-electron chi connectivity index (χ4n) is 2.43. The first-order valence-corrected chi connectivity index (χ1v) is 7.65. The molecule has 2 aromatic heterocycles. The molecule has 25 heavy (non-hydrogen) atoms. The highest BCUT2D eigenvalue weighted by Crippen LogP contribution is 2.26. The zero-order chi connectivity index (χ0) is 17.8. The molecule has 128 valence electrons. The number of carbonyl (C=O) groups is 1. The number of nitrogens with zero attached hydrogens (tertiary/aromatic N) is 4. The zero-order valence-electron chi connectivity index (χ0n) is 13.5. The Morgan fingerprint density at radius 1 is 1.28 bits per heavy atom. The first-order valence-electron chi connectivity index (χ1n) is 7.65. The number of aryl methyl sites for hydroxylation is 1. The number of carboxylic acid groups (broad SMARTS) is 1. The van der Waals surface area contributed by atoms with E-state index < -0.39 is 5.97 Å². The van der Waals surface area contributed by atoms with Gasteiger partial charge in [-0.3, -0.25) is 4.68 Å². The van der Waals surface area contributed by atoms with Crippen molar-refractivity contribution in [1.82, 2.24) is 19.7 Å². The van der Waals surface area contributed by atoms with E-state index in [-0.39, 0.29) is 12.2 Å². The van der Waals surface area contributed by atoms with E-state index in [0.29, 0.717) is 29.4 Å². The van der Waals surface area contributed by atoms with Gasteiger partial charge < -0.3 is 15.5 Å². The number of rotatable bonds is 6. The van der Waals surface area contributed by atoms with Crippen LogP contribution in [0.3, 0.4) is 0 Å². The summed E-state index contributed by atoms with van der Waals surface area (Å²) in [5.41, 5.74) is 2.73. The maximum atomic E-state index is 11.5. The Kier molecular flexibility index (Phi) is 4.71. The second kappa shape index (κ2) is 7.10. The van der Waals surface area contributed by atoms with Crippen LogP contribution < -0.4 is 5.32 Å². The lowest BCUT2D eigenvalue weighted by Crippen LogP contribution is -2.04. The lowest BCUT2D eigenvalue weighted by Gasteiger charge is -2.10. The van der Waals surface area contributed by atoms with E-state index in [4.69, 9.17) is 5.11 Å². The number of nitrogens with one attached hydrogen (secondary N) is 1. The molecule has 0 amide bonds. The number of aliphatic hydroxyl groups is 1. The molecule has 0 saturated heterocycles. The van der Waals surface area contributed by atoms with Gasteiger partial charge in [-0.2, -0.15) is 5.10 Å². The predicted molar refractivity (Wildman–Crippen MR) is 91.8 cm³/mol. The summed E-state index contributed by atoms with van der Waals surface area (Å²) in [4.78, 5) is 20.2. The van der Waals surface area contributed by atoms with E-state index >= 15 is 0 Å². The fourth-order valence-corrected chi connectivity index (χ4v) is 2.43. The third-order valence-corrected chi connectivity index (χ3v) is 3.60. The number of hydrogen-bond acceptors (Lipinski definition) is 6. The minimum atomic E-state index is -1.01. The van der Waals surface area contributed by atoms with Crippen LogP contribution in [0.2, 0.25) is 0 Å². The van der Waals surface area contributed by atoms with Crippen LogP contribution in [0, 0.1) is 6.92 Å². The molecule has 0 unspecified atom stereocenters. The topological polar surface area (TPSA) is 113 Å². The zero-order valence-corrected chi connectivity index (χ0v) is 13.5. The molecule has 3 rings (SSSR count). The minimum Gasteiger partial charge on any atom is -0.478 e. The van der Waals surface area contributed by atoms with Gasteiger partial charge in [-0.05, 0) is 18.6 Å². The summed E-state index contributed by atoms with van der Waals surface area (Å²) in [6, 6.07) is 6.72. The van der Waals surface area contributed by atoms with Crippen LogP contribution >= 0.6 is 0 Å². The van der Waals surface area contributed by atoms with Crippen molar-refractivity contribution in [1.29, 1.82) is 0 Å². The van der Waals surface area contributed by atoms with Crippen molar-refractivity contribution >= 4 is 17.6 Å². The Morgan fingerprint density at radius 2 is 2.08 bits per heavy atom. The van der Waals surface area contributed by atoms with Crippen LogP contribution in [-0.4, -0.2) is 42.5 Å². The van der Waals surface area contributed by atoms with Gasteiger partial charge in [0.1, 0.15) is 0 Å². The quantitative estimate of drug-likeness (QED) is 0.630. The van der Waals surface area contributed by atoms with Gasteiger partial charge in [0.05, 0.1) is 36.3 Å². The average molecular weight is 339 g/mol. The second-order valence-corrected chi connectivity index (χ2v) is 5.42. The molecule has 0 saturated carbocycles. The molecule has 8 heteroatoms. The highest BCUT2D eigenvalue weighted by molar-refractivity contribution is 5.95. The Hall–Kier alpha value is -3.26. The maximum Gasteiger partial charge on any atom is 0.336 e. The van der Waals surface area contributed by atoms with Crippen molar-refractivity contribution in [2.24, 2.45) is 0 Å². The van der Waals surface area contributed by atoms with Crippen molar-refractivity contribution in [3.05, 3.63) is 54.0 Å². The molecule has 0 spiro atoms. The molecule has 0 aliphatic rings. The molecule has 0 aliphatic heterocycles. The summed E-state index contributed by atoms with van der Waals surface area (Å²) in [5, 5.41) is 25.4. The molecular weight excluding hydrogens is 322 g/mol. The monoisotopic (exact) mass is 339 g/mol. The third-order valence-electron chi connectivity index (χ3n) is 3.60. The fraction of sp³-hybridized carbons (Fsp3) is 0.176. The van der Waals surface area contributed by atoms with Gasteiger partial charge in [0, 0.05) is 18.0 Å².